The van der Waals surface area contributed by atoms with Gasteiger partial charge in [0.2, 0.25) is 5.91 Å². The van der Waals surface area contributed by atoms with E-state index in [1.807, 2.05) is 24.3 Å². The van der Waals surface area contributed by atoms with E-state index in [0.717, 1.165) is 23.3 Å². The number of carbonyl (C=O) groups is 1. The standard InChI is InChI=1S/C23H23F3N4O2/c24-23(25,26)20-6-2-5-19(12-20)22(7-9-32-10-8-22)21(31)28-13-17-3-1-4-18(11-17)14-30-16-27-15-29-30/h1-6,11-12,15-16H,7-10,13-14H2,(H,28,31). The third-order valence-electron chi connectivity index (χ3n) is 5.78. The highest BCUT2D eigenvalue weighted by Gasteiger charge is 2.43. The van der Waals surface area contributed by atoms with Crippen molar-refractivity contribution in [1.29, 1.82) is 0 Å². The van der Waals surface area contributed by atoms with Crippen molar-refractivity contribution in [3.05, 3.63) is 83.4 Å². The first-order chi connectivity index (χ1) is 15.4. The Bertz CT molecular complexity index is 1060. The first-order valence-electron chi connectivity index (χ1n) is 10.3. The predicted octanol–water partition coefficient (Wildman–Crippen LogP) is 3.71. The zero-order valence-corrected chi connectivity index (χ0v) is 17.3. The van der Waals surface area contributed by atoms with E-state index in [2.05, 4.69) is 15.4 Å². The lowest BCUT2D eigenvalue weighted by molar-refractivity contribution is -0.138. The van der Waals surface area contributed by atoms with Crippen molar-refractivity contribution in [2.75, 3.05) is 13.2 Å². The van der Waals surface area contributed by atoms with Crippen molar-refractivity contribution in [1.82, 2.24) is 20.1 Å². The summed E-state index contributed by atoms with van der Waals surface area (Å²) in [6.45, 7) is 1.45. The van der Waals surface area contributed by atoms with Gasteiger partial charge in [-0.2, -0.15) is 18.3 Å². The highest BCUT2D eigenvalue weighted by atomic mass is 19.4. The molecule has 2 heterocycles. The minimum atomic E-state index is -4.47. The predicted molar refractivity (Wildman–Crippen MR) is 111 cm³/mol. The van der Waals surface area contributed by atoms with Crippen LogP contribution in [0.3, 0.4) is 0 Å². The van der Waals surface area contributed by atoms with Gasteiger partial charge in [0, 0.05) is 19.8 Å². The highest BCUT2D eigenvalue weighted by molar-refractivity contribution is 5.88. The van der Waals surface area contributed by atoms with Crippen molar-refractivity contribution in [3.8, 4) is 0 Å². The summed E-state index contributed by atoms with van der Waals surface area (Å²) < 4.78 is 46.9. The molecule has 1 aliphatic heterocycles. The minimum Gasteiger partial charge on any atom is -0.381 e. The average molecular weight is 444 g/mol. The quantitative estimate of drug-likeness (QED) is 0.630. The van der Waals surface area contributed by atoms with Crippen LogP contribution in [0.4, 0.5) is 13.2 Å². The van der Waals surface area contributed by atoms with E-state index >= 15 is 0 Å². The number of halogens is 3. The van der Waals surface area contributed by atoms with E-state index in [1.165, 1.54) is 12.4 Å². The molecule has 1 amide bonds. The molecule has 0 saturated carbocycles. The third-order valence-corrected chi connectivity index (χ3v) is 5.78. The van der Waals surface area contributed by atoms with Crippen LogP contribution >= 0.6 is 0 Å². The van der Waals surface area contributed by atoms with E-state index in [9.17, 15) is 18.0 Å². The largest absolute Gasteiger partial charge is 0.416 e. The second kappa shape index (κ2) is 9.12. The molecule has 2 aromatic carbocycles. The summed E-state index contributed by atoms with van der Waals surface area (Å²) in [7, 11) is 0. The summed E-state index contributed by atoms with van der Waals surface area (Å²) >= 11 is 0. The van der Waals surface area contributed by atoms with Crippen molar-refractivity contribution in [2.45, 2.75) is 37.5 Å². The molecule has 0 unspecified atom stereocenters. The fourth-order valence-corrected chi connectivity index (χ4v) is 4.05. The second-order valence-electron chi connectivity index (χ2n) is 7.87. The van der Waals surface area contributed by atoms with E-state index in [1.54, 1.807) is 17.1 Å². The Morgan fingerprint density at radius 2 is 1.84 bits per heavy atom. The number of aromatic nitrogens is 3. The number of carbonyl (C=O) groups excluding carboxylic acids is 1. The van der Waals surface area contributed by atoms with Crippen molar-refractivity contribution in [3.63, 3.8) is 0 Å². The smallest absolute Gasteiger partial charge is 0.381 e. The van der Waals surface area contributed by atoms with Crippen molar-refractivity contribution < 1.29 is 22.7 Å². The Hall–Kier alpha value is -3.20. The number of nitrogens with one attached hydrogen (secondary N) is 1. The summed E-state index contributed by atoms with van der Waals surface area (Å²) in [6, 6.07) is 12.8. The summed E-state index contributed by atoms with van der Waals surface area (Å²) in [4.78, 5) is 17.2. The van der Waals surface area contributed by atoms with Gasteiger partial charge in [0.25, 0.3) is 0 Å². The molecule has 4 rings (SSSR count). The van der Waals surface area contributed by atoms with Gasteiger partial charge in [-0.25, -0.2) is 9.67 Å². The minimum absolute atomic E-state index is 0.269. The lowest BCUT2D eigenvalue weighted by Crippen LogP contribution is -2.48. The van der Waals surface area contributed by atoms with Gasteiger partial charge in [0.15, 0.2) is 0 Å². The van der Waals surface area contributed by atoms with Crippen LogP contribution in [-0.4, -0.2) is 33.9 Å². The maximum atomic E-state index is 13.3. The molecule has 0 radical (unpaired) electrons. The van der Waals surface area contributed by atoms with Crippen LogP contribution in [0.1, 0.15) is 35.1 Å². The lowest BCUT2D eigenvalue weighted by Gasteiger charge is -2.36. The van der Waals surface area contributed by atoms with Gasteiger partial charge in [0.1, 0.15) is 12.7 Å². The molecule has 0 bridgehead atoms. The van der Waals surface area contributed by atoms with Gasteiger partial charge in [-0.3, -0.25) is 4.79 Å². The average Bonchev–Trinajstić information content (AvgIpc) is 3.31. The highest BCUT2D eigenvalue weighted by Crippen LogP contribution is 2.38. The second-order valence-corrected chi connectivity index (χ2v) is 7.87. The summed E-state index contributed by atoms with van der Waals surface area (Å²) in [5.74, 6) is -0.290. The SMILES string of the molecule is O=C(NCc1cccc(Cn2cncn2)c1)C1(c2cccc(C(F)(F)F)c2)CCOCC1. The molecule has 9 heteroatoms. The normalized spacial score (nSPS) is 16.0. The van der Waals surface area contributed by atoms with Crippen LogP contribution in [-0.2, 0) is 34.2 Å². The van der Waals surface area contributed by atoms with Crippen LogP contribution in [0.2, 0.25) is 0 Å². The van der Waals surface area contributed by atoms with Gasteiger partial charge in [-0.1, -0.05) is 42.5 Å². The molecule has 3 aromatic rings. The topological polar surface area (TPSA) is 69.0 Å². The molecule has 168 valence electrons. The number of amides is 1. The fourth-order valence-electron chi connectivity index (χ4n) is 4.05. The molecular weight excluding hydrogens is 421 g/mol. The number of hydrogen-bond acceptors (Lipinski definition) is 4. The third kappa shape index (κ3) is 4.83. The molecule has 1 N–H and O–H groups in total. The zero-order chi connectivity index (χ0) is 22.6. The summed E-state index contributed by atoms with van der Waals surface area (Å²) in [5, 5.41) is 7.03. The fraction of sp³-hybridized carbons (Fsp3) is 0.348. The van der Waals surface area contributed by atoms with Gasteiger partial charge in [-0.15, -0.1) is 0 Å². The number of nitrogens with zero attached hydrogens (tertiary/aromatic N) is 3. The Morgan fingerprint density at radius 3 is 2.56 bits per heavy atom. The number of benzene rings is 2. The van der Waals surface area contributed by atoms with E-state index in [-0.39, 0.29) is 12.5 Å². The van der Waals surface area contributed by atoms with Crippen LogP contribution in [0.5, 0.6) is 0 Å². The summed E-state index contributed by atoms with van der Waals surface area (Å²) in [6.07, 6.45) is -0.730. The molecular formula is C23H23F3N4O2. The van der Waals surface area contributed by atoms with Crippen molar-refractivity contribution >= 4 is 5.91 Å². The molecule has 0 spiro atoms. The Kier molecular flexibility index (Phi) is 6.27. The van der Waals surface area contributed by atoms with Gasteiger partial charge in [-0.05, 0) is 35.6 Å². The Balaban J connectivity index is 1.52. The number of ether oxygens (including phenoxy) is 1. The number of hydrogen-bond donors (Lipinski definition) is 1. The van der Waals surface area contributed by atoms with Crippen molar-refractivity contribution in [2.24, 2.45) is 0 Å². The zero-order valence-electron chi connectivity index (χ0n) is 17.3. The molecule has 1 aliphatic rings. The molecule has 1 fully saturated rings. The Morgan fingerprint density at radius 1 is 1.09 bits per heavy atom. The molecule has 32 heavy (non-hydrogen) atoms. The maximum Gasteiger partial charge on any atom is 0.416 e. The first kappa shape index (κ1) is 22.0. The number of rotatable bonds is 6. The summed E-state index contributed by atoms with van der Waals surface area (Å²) in [5.41, 5.74) is 0.448. The van der Waals surface area contributed by atoms with Crippen LogP contribution in [0, 0.1) is 0 Å². The molecule has 6 nitrogen and oxygen atoms in total. The van der Waals surface area contributed by atoms with Gasteiger partial charge in [0.05, 0.1) is 17.5 Å². The van der Waals surface area contributed by atoms with E-state index in [4.69, 9.17) is 4.74 Å². The van der Waals surface area contributed by atoms with Gasteiger partial charge >= 0.3 is 6.18 Å². The maximum absolute atomic E-state index is 13.3. The lowest BCUT2D eigenvalue weighted by atomic mass is 9.73. The molecule has 0 atom stereocenters. The number of alkyl halides is 3. The van der Waals surface area contributed by atoms with E-state index in [0.29, 0.717) is 38.2 Å². The van der Waals surface area contributed by atoms with Gasteiger partial charge < -0.3 is 10.1 Å². The van der Waals surface area contributed by atoms with E-state index < -0.39 is 17.2 Å². The molecule has 0 aliphatic carbocycles. The Labute approximate surface area is 183 Å². The molecule has 1 saturated heterocycles. The van der Waals surface area contributed by atoms with Crippen LogP contribution < -0.4 is 5.32 Å². The van der Waals surface area contributed by atoms with Crippen LogP contribution in [0.15, 0.2) is 61.2 Å². The first-order valence-corrected chi connectivity index (χ1v) is 10.3. The monoisotopic (exact) mass is 444 g/mol. The molecule has 1 aromatic heterocycles. The van der Waals surface area contributed by atoms with Crippen LogP contribution in [0.25, 0.3) is 0 Å².